The van der Waals surface area contributed by atoms with Crippen molar-refractivity contribution in [2.24, 2.45) is 0 Å². The summed E-state index contributed by atoms with van der Waals surface area (Å²) < 4.78 is 15.0. The van der Waals surface area contributed by atoms with E-state index in [2.05, 4.69) is 20.7 Å². The van der Waals surface area contributed by atoms with Gasteiger partial charge in [-0.05, 0) is 53.6 Å². The molecule has 6 nitrogen and oxygen atoms in total. The van der Waals surface area contributed by atoms with E-state index in [0.717, 1.165) is 22.5 Å². The molecular formula is C19H16FN5O. The zero-order chi connectivity index (χ0) is 18.1. The van der Waals surface area contributed by atoms with Crippen LogP contribution in [0.4, 0.5) is 16.0 Å². The molecule has 2 N–H and O–H groups in total. The molecule has 4 rings (SSSR count). The Morgan fingerprint density at radius 1 is 1.15 bits per heavy atom. The van der Waals surface area contributed by atoms with Crippen LogP contribution in [0.25, 0.3) is 5.70 Å². The first-order valence-corrected chi connectivity index (χ1v) is 8.12. The van der Waals surface area contributed by atoms with Crippen LogP contribution >= 0.6 is 0 Å². The van der Waals surface area contributed by atoms with Crippen LogP contribution in [0, 0.1) is 5.82 Å². The molecule has 0 fully saturated rings. The first-order chi connectivity index (χ1) is 12.6. The van der Waals surface area contributed by atoms with E-state index in [1.165, 1.54) is 25.4 Å². The predicted molar refractivity (Wildman–Crippen MR) is 96.9 cm³/mol. The van der Waals surface area contributed by atoms with Crippen molar-refractivity contribution in [3.8, 4) is 0 Å². The molecule has 26 heavy (non-hydrogen) atoms. The Kier molecular flexibility index (Phi) is 3.96. The largest absolute Gasteiger partial charge is 0.326 e. The molecule has 130 valence electrons. The number of allylic oxidation sites excluding steroid dienone is 1. The van der Waals surface area contributed by atoms with Crippen LogP contribution in [0.3, 0.4) is 0 Å². The van der Waals surface area contributed by atoms with E-state index in [9.17, 15) is 9.18 Å². The highest BCUT2D eigenvalue weighted by atomic mass is 19.1. The number of amides is 1. The lowest BCUT2D eigenvalue weighted by molar-refractivity contribution is -0.114. The molecule has 0 saturated heterocycles. The first-order valence-electron chi connectivity index (χ1n) is 8.12. The van der Waals surface area contributed by atoms with E-state index in [1.807, 2.05) is 30.3 Å². The Morgan fingerprint density at radius 2 is 1.88 bits per heavy atom. The van der Waals surface area contributed by atoms with Gasteiger partial charge in [-0.3, -0.25) is 4.79 Å². The van der Waals surface area contributed by atoms with Crippen LogP contribution in [-0.2, 0) is 4.79 Å². The summed E-state index contributed by atoms with van der Waals surface area (Å²) in [5.74, 6) is 0.220. The monoisotopic (exact) mass is 349 g/mol. The molecule has 0 spiro atoms. The van der Waals surface area contributed by atoms with Gasteiger partial charge in [0.1, 0.15) is 18.2 Å². The highest BCUT2D eigenvalue weighted by molar-refractivity contribution is 5.88. The van der Waals surface area contributed by atoms with E-state index in [-0.39, 0.29) is 17.8 Å². The fourth-order valence-corrected chi connectivity index (χ4v) is 2.94. The number of hydrogen-bond acceptors (Lipinski definition) is 4. The maximum Gasteiger partial charge on any atom is 0.226 e. The van der Waals surface area contributed by atoms with Gasteiger partial charge < -0.3 is 10.6 Å². The van der Waals surface area contributed by atoms with Gasteiger partial charge in [-0.25, -0.2) is 9.07 Å². The minimum atomic E-state index is -0.279. The van der Waals surface area contributed by atoms with Gasteiger partial charge in [-0.1, -0.05) is 12.1 Å². The Bertz CT molecular complexity index is 976. The van der Waals surface area contributed by atoms with E-state index in [4.69, 9.17) is 0 Å². The highest BCUT2D eigenvalue weighted by Crippen LogP contribution is 2.32. The average molecular weight is 349 g/mol. The van der Waals surface area contributed by atoms with E-state index in [0.29, 0.717) is 5.95 Å². The van der Waals surface area contributed by atoms with Crippen LogP contribution < -0.4 is 10.6 Å². The second-order valence-electron chi connectivity index (χ2n) is 5.99. The minimum Gasteiger partial charge on any atom is -0.326 e. The molecule has 0 radical (unpaired) electrons. The van der Waals surface area contributed by atoms with Gasteiger partial charge >= 0.3 is 0 Å². The summed E-state index contributed by atoms with van der Waals surface area (Å²) >= 11 is 0. The molecule has 1 aromatic heterocycles. The van der Waals surface area contributed by atoms with Crippen LogP contribution in [0.1, 0.15) is 24.1 Å². The topological polar surface area (TPSA) is 71.8 Å². The standard InChI is InChI=1S/C19H16FN5O/c1-12(26)23-16-8-4-14(5-9-16)18-10-17(13-2-6-15(20)7-3-13)24-19-21-11-22-25(18)19/h2-11,18H,1H3,(H,23,26)(H,21,22,24). The van der Waals surface area contributed by atoms with E-state index < -0.39 is 0 Å². The zero-order valence-electron chi connectivity index (χ0n) is 14.0. The summed E-state index contributed by atoms with van der Waals surface area (Å²) in [6.07, 6.45) is 3.50. The van der Waals surface area contributed by atoms with Crippen molar-refractivity contribution in [1.29, 1.82) is 0 Å². The Hall–Kier alpha value is -3.48. The number of hydrogen-bond donors (Lipinski definition) is 2. The second kappa shape index (κ2) is 6.44. The van der Waals surface area contributed by atoms with Crippen molar-refractivity contribution in [3.63, 3.8) is 0 Å². The minimum absolute atomic E-state index is 0.114. The number of carbonyl (C=O) groups is 1. The summed E-state index contributed by atoms with van der Waals surface area (Å²) in [4.78, 5) is 15.4. The molecule has 0 bridgehead atoms. The molecule has 0 aliphatic carbocycles. The fraction of sp³-hybridized carbons (Fsp3) is 0.105. The molecule has 2 aromatic carbocycles. The zero-order valence-corrected chi connectivity index (χ0v) is 14.0. The number of halogens is 1. The normalized spacial score (nSPS) is 15.6. The number of benzene rings is 2. The lowest BCUT2D eigenvalue weighted by Gasteiger charge is -2.24. The lowest BCUT2D eigenvalue weighted by atomic mass is 10.0. The van der Waals surface area contributed by atoms with Gasteiger partial charge in [0.25, 0.3) is 0 Å². The van der Waals surface area contributed by atoms with Gasteiger partial charge in [-0.2, -0.15) is 10.1 Å². The van der Waals surface area contributed by atoms with Crippen LogP contribution in [-0.4, -0.2) is 20.7 Å². The van der Waals surface area contributed by atoms with Crippen LogP contribution in [0.15, 0.2) is 60.9 Å². The third-order valence-electron chi connectivity index (χ3n) is 4.14. The molecule has 2 heterocycles. The molecular weight excluding hydrogens is 333 g/mol. The number of anilines is 2. The Labute approximate surface area is 149 Å². The van der Waals surface area contributed by atoms with Crippen molar-refractivity contribution in [3.05, 3.63) is 77.9 Å². The quantitative estimate of drug-likeness (QED) is 0.760. The summed E-state index contributed by atoms with van der Waals surface area (Å²) in [5, 5.41) is 10.3. The average Bonchev–Trinajstić information content (AvgIpc) is 3.10. The number of nitrogens with zero attached hydrogens (tertiary/aromatic N) is 3. The van der Waals surface area contributed by atoms with Gasteiger partial charge in [0.15, 0.2) is 0 Å². The molecule has 1 unspecified atom stereocenters. The van der Waals surface area contributed by atoms with E-state index >= 15 is 0 Å². The molecule has 3 aromatic rings. The summed E-state index contributed by atoms with van der Waals surface area (Å²) in [5.41, 5.74) is 3.42. The predicted octanol–water partition coefficient (Wildman–Crippen LogP) is 3.43. The summed E-state index contributed by atoms with van der Waals surface area (Å²) in [7, 11) is 0. The summed E-state index contributed by atoms with van der Waals surface area (Å²) in [6, 6.07) is 13.7. The van der Waals surface area contributed by atoms with Crippen molar-refractivity contribution >= 4 is 23.2 Å². The van der Waals surface area contributed by atoms with Crippen molar-refractivity contribution in [1.82, 2.24) is 14.8 Å². The molecule has 1 atom stereocenters. The number of nitrogens with one attached hydrogen (secondary N) is 2. The van der Waals surface area contributed by atoms with Gasteiger partial charge in [0.05, 0.1) is 0 Å². The van der Waals surface area contributed by atoms with Crippen LogP contribution in [0.5, 0.6) is 0 Å². The smallest absolute Gasteiger partial charge is 0.226 e. The molecule has 1 amide bonds. The number of carbonyl (C=O) groups excluding carboxylic acids is 1. The molecule has 0 saturated carbocycles. The third-order valence-corrected chi connectivity index (χ3v) is 4.14. The fourth-order valence-electron chi connectivity index (χ4n) is 2.94. The third kappa shape index (κ3) is 3.06. The number of fused-ring (bicyclic) bond motifs is 1. The molecule has 1 aliphatic heterocycles. The highest BCUT2D eigenvalue weighted by Gasteiger charge is 2.23. The number of rotatable bonds is 3. The van der Waals surface area contributed by atoms with Crippen molar-refractivity contribution < 1.29 is 9.18 Å². The molecule has 1 aliphatic rings. The van der Waals surface area contributed by atoms with Crippen LogP contribution in [0.2, 0.25) is 0 Å². The lowest BCUT2D eigenvalue weighted by Crippen LogP contribution is -2.20. The maximum atomic E-state index is 13.2. The van der Waals surface area contributed by atoms with Gasteiger partial charge in [0.2, 0.25) is 11.9 Å². The van der Waals surface area contributed by atoms with Gasteiger partial charge in [0, 0.05) is 18.3 Å². The van der Waals surface area contributed by atoms with Gasteiger partial charge in [-0.15, -0.1) is 0 Å². The summed E-state index contributed by atoms with van der Waals surface area (Å²) in [6.45, 7) is 1.47. The first kappa shape index (κ1) is 16.0. The SMILES string of the molecule is CC(=O)Nc1ccc(C2C=C(c3ccc(F)cc3)Nc3ncnn32)cc1. The van der Waals surface area contributed by atoms with E-state index in [1.54, 1.807) is 16.8 Å². The number of aromatic nitrogens is 3. The Morgan fingerprint density at radius 3 is 2.58 bits per heavy atom. The molecule has 7 heteroatoms. The Balaban J connectivity index is 1.71. The van der Waals surface area contributed by atoms with Crippen molar-refractivity contribution in [2.45, 2.75) is 13.0 Å². The second-order valence-corrected chi connectivity index (χ2v) is 5.99. The van der Waals surface area contributed by atoms with Crippen molar-refractivity contribution in [2.75, 3.05) is 10.6 Å². The maximum absolute atomic E-state index is 13.2.